The van der Waals surface area contributed by atoms with Crippen molar-refractivity contribution in [3.63, 3.8) is 0 Å². The van der Waals surface area contributed by atoms with Crippen LogP contribution < -0.4 is 20.9 Å². The van der Waals surface area contributed by atoms with Gasteiger partial charge in [-0.25, -0.2) is 4.98 Å². The summed E-state index contributed by atoms with van der Waals surface area (Å²) in [6.45, 7) is 1.93. The number of hydrogen-bond acceptors (Lipinski definition) is 6. The maximum Gasteiger partial charge on any atom is 0.225 e. The molecule has 0 amide bonds. The minimum atomic E-state index is 0.432. The number of nitrogens with one attached hydrogen (secondary N) is 3. The summed E-state index contributed by atoms with van der Waals surface area (Å²) in [6.07, 6.45) is 4.63. The second-order valence-corrected chi connectivity index (χ2v) is 8.22. The number of nitrogens with zero attached hydrogens (tertiary/aromatic N) is 3. The van der Waals surface area contributed by atoms with Gasteiger partial charge in [0.15, 0.2) is 0 Å². The number of aromatic nitrogens is 2. The fourth-order valence-corrected chi connectivity index (χ4v) is 4.13. The predicted octanol–water partition coefficient (Wildman–Crippen LogP) is 4.12. The van der Waals surface area contributed by atoms with Gasteiger partial charge in [0.2, 0.25) is 5.95 Å². The molecule has 1 heterocycles. The lowest BCUT2D eigenvalue weighted by atomic mass is 9.91. The SMILES string of the molecule is CN(C)c1nc(N[C@H]2CC[C@@H](NCCNc3ccccc3)CC2)nc2ccccc12. The Kier molecular flexibility index (Phi) is 6.64. The summed E-state index contributed by atoms with van der Waals surface area (Å²) in [4.78, 5) is 11.6. The number of fused-ring (bicyclic) bond motifs is 1. The Morgan fingerprint density at radius 3 is 2.30 bits per heavy atom. The van der Waals surface area contributed by atoms with E-state index in [2.05, 4.69) is 57.2 Å². The zero-order valence-electron chi connectivity index (χ0n) is 17.9. The molecule has 6 nitrogen and oxygen atoms in total. The fourth-order valence-electron chi connectivity index (χ4n) is 4.13. The van der Waals surface area contributed by atoms with Crippen LogP contribution in [0, 0.1) is 0 Å². The third-order valence-electron chi connectivity index (χ3n) is 5.73. The highest BCUT2D eigenvalue weighted by atomic mass is 15.2. The van der Waals surface area contributed by atoms with Crippen LogP contribution in [0.5, 0.6) is 0 Å². The summed E-state index contributed by atoms with van der Waals surface area (Å²) in [5.41, 5.74) is 2.17. The van der Waals surface area contributed by atoms with Gasteiger partial charge in [0.1, 0.15) is 5.82 Å². The average Bonchev–Trinajstić information content (AvgIpc) is 2.78. The average molecular weight is 405 g/mol. The van der Waals surface area contributed by atoms with Crippen molar-refractivity contribution in [2.75, 3.05) is 42.7 Å². The Balaban J connectivity index is 1.26. The minimum Gasteiger partial charge on any atom is -0.384 e. The van der Waals surface area contributed by atoms with Crippen LogP contribution in [0.4, 0.5) is 17.5 Å². The Hall–Kier alpha value is -2.86. The highest BCUT2D eigenvalue weighted by Gasteiger charge is 2.21. The monoisotopic (exact) mass is 404 g/mol. The van der Waals surface area contributed by atoms with Crippen LogP contribution >= 0.6 is 0 Å². The smallest absolute Gasteiger partial charge is 0.225 e. The van der Waals surface area contributed by atoms with Gasteiger partial charge in [-0.05, 0) is 49.9 Å². The first kappa shape index (κ1) is 20.4. The Labute approximate surface area is 179 Å². The van der Waals surface area contributed by atoms with E-state index in [-0.39, 0.29) is 0 Å². The standard InChI is InChI=1S/C24H32N6/c1-30(2)23-21-10-6-7-11-22(21)28-24(29-23)27-20-14-12-19(13-15-20)26-17-16-25-18-8-4-3-5-9-18/h3-11,19-20,25-26H,12-17H2,1-2H3,(H,27,28,29)/t19-,20+. The van der Waals surface area contributed by atoms with Crippen molar-refractivity contribution in [2.45, 2.75) is 37.8 Å². The van der Waals surface area contributed by atoms with Crippen molar-refractivity contribution >= 4 is 28.4 Å². The second-order valence-electron chi connectivity index (χ2n) is 8.22. The number of benzene rings is 2. The first-order valence-corrected chi connectivity index (χ1v) is 10.9. The quantitative estimate of drug-likeness (QED) is 0.491. The summed E-state index contributed by atoms with van der Waals surface area (Å²) in [6, 6.07) is 19.6. The van der Waals surface area contributed by atoms with Crippen molar-refractivity contribution in [2.24, 2.45) is 0 Å². The minimum absolute atomic E-state index is 0.432. The van der Waals surface area contributed by atoms with E-state index >= 15 is 0 Å². The lowest BCUT2D eigenvalue weighted by molar-refractivity contribution is 0.357. The van der Waals surface area contributed by atoms with Crippen LogP contribution in [0.25, 0.3) is 10.9 Å². The van der Waals surface area contributed by atoms with Gasteiger partial charge in [0.05, 0.1) is 5.52 Å². The molecule has 0 spiro atoms. The van der Waals surface area contributed by atoms with E-state index in [1.165, 1.54) is 18.5 Å². The lowest BCUT2D eigenvalue weighted by Gasteiger charge is -2.30. The molecule has 0 aliphatic heterocycles. The Morgan fingerprint density at radius 2 is 1.53 bits per heavy atom. The van der Waals surface area contributed by atoms with Crippen molar-refractivity contribution in [3.05, 3.63) is 54.6 Å². The number of hydrogen-bond donors (Lipinski definition) is 3. The molecule has 0 saturated heterocycles. The van der Waals surface area contributed by atoms with Gasteiger partial charge in [-0.3, -0.25) is 0 Å². The highest BCUT2D eigenvalue weighted by molar-refractivity contribution is 5.90. The highest BCUT2D eigenvalue weighted by Crippen LogP contribution is 2.26. The molecule has 0 atom stereocenters. The van der Waals surface area contributed by atoms with E-state index in [4.69, 9.17) is 9.97 Å². The van der Waals surface area contributed by atoms with Crippen molar-refractivity contribution in [3.8, 4) is 0 Å². The van der Waals surface area contributed by atoms with Crippen LogP contribution in [0.1, 0.15) is 25.7 Å². The first-order valence-electron chi connectivity index (χ1n) is 10.9. The largest absolute Gasteiger partial charge is 0.384 e. The Bertz CT molecular complexity index is 935. The molecular formula is C24H32N6. The number of para-hydroxylation sites is 2. The van der Waals surface area contributed by atoms with Crippen molar-refractivity contribution in [1.82, 2.24) is 15.3 Å². The summed E-state index contributed by atoms with van der Waals surface area (Å²) in [5, 5.41) is 11.8. The van der Waals surface area contributed by atoms with Gasteiger partial charge in [0, 0.05) is 50.3 Å². The maximum absolute atomic E-state index is 4.78. The van der Waals surface area contributed by atoms with Crippen LogP contribution in [-0.4, -0.2) is 49.2 Å². The first-order chi connectivity index (χ1) is 14.7. The van der Waals surface area contributed by atoms with Gasteiger partial charge in [-0.2, -0.15) is 4.98 Å². The van der Waals surface area contributed by atoms with E-state index in [1.807, 2.05) is 32.3 Å². The van der Waals surface area contributed by atoms with Gasteiger partial charge in [0.25, 0.3) is 0 Å². The maximum atomic E-state index is 4.78. The molecule has 30 heavy (non-hydrogen) atoms. The zero-order chi connectivity index (χ0) is 20.8. The van der Waals surface area contributed by atoms with Gasteiger partial charge in [-0.15, -0.1) is 0 Å². The third-order valence-corrected chi connectivity index (χ3v) is 5.73. The van der Waals surface area contributed by atoms with Crippen molar-refractivity contribution < 1.29 is 0 Å². The fraction of sp³-hybridized carbons (Fsp3) is 0.417. The molecule has 0 radical (unpaired) electrons. The molecule has 3 N–H and O–H groups in total. The van der Waals surface area contributed by atoms with E-state index in [9.17, 15) is 0 Å². The molecule has 1 aliphatic rings. The molecule has 0 unspecified atom stereocenters. The second kappa shape index (κ2) is 9.76. The van der Waals surface area contributed by atoms with Crippen LogP contribution in [0.2, 0.25) is 0 Å². The molecule has 0 bridgehead atoms. The van der Waals surface area contributed by atoms with E-state index in [1.54, 1.807) is 0 Å². The summed E-state index contributed by atoms with van der Waals surface area (Å²) in [5.74, 6) is 1.70. The molecule has 1 aromatic heterocycles. The van der Waals surface area contributed by atoms with E-state index in [0.29, 0.717) is 12.1 Å². The molecule has 158 valence electrons. The molecule has 1 saturated carbocycles. The van der Waals surface area contributed by atoms with Crippen molar-refractivity contribution in [1.29, 1.82) is 0 Å². The molecule has 3 aromatic rings. The summed E-state index contributed by atoms with van der Waals surface area (Å²) >= 11 is 0. The third kappa shape index (κ3) is 5.19. The zero-order valence-corrected chi connectivity index (χ0v) is 17.9. The normalized spacial score (nSPS) is 18.9. The van der Waals surface area contributed by atoms with Crippen LogP contribution in [0.3, 0.4) is 0 Å². The molecule has 4 rings (SSSR count). The molecule has 1 aliphatic carbocycles. The molecule has 6 heteroatoms. The number of anilines is 3. The topological polar surface area (TPSA) is 65.1 Å². The summed E-state index contributed by atoms with van der Waals surface area (Å²) < 4.78 is 0. The molecule has 1 fully saturated rings. The predicted molar refractivity (Wildman–Crippen MR) is 126 cm³/mol. The van der Waals surface area contributed by atoms with E-state index in [0.717, 1.165) is 48.6 Å². The lowest BCUT2D eigenvalue weighted by Crippen LogP contribution is -2.39. The van der Waals surface area contributed by atoms with Gasteiger partial charge < -0.3 is 20.9 Å². The summed E-state index contributed by atoms with van der Waals surface area (Å²) in [7, 11) is 4.06. The molecular weight excluding hydrogens is 372 g/mol. The van der Waals surface area contributed by atoms with Crippen LogP contribution in [-0.2, 0) is 0 Å². The number of rotatable bonds is 8. The Morgan fingerprint density at radius 1 is 0.833 bits per heavy atom. The van der Waals surface area contributed by atoms with E-state index < -0.39 is 0 Å². The van der Waals surface area contributed by atoms with Crippen LogP contribution in [0.15, 0.2) is 54.6 Å². The van der Waals surface area contributed by atoms with Gasteiger partial charge >= 0.3 is 0 Å². The van der Waals surface area contributed by atoms with Gasteiger partial charge in [-0.1, -0.05) is 30.3 Å². The molecule has 2 aromatic carbocycles.